The van der Waals surface area contributed by atoms with Crippen molar-refractivity contribution in [2.75, 3.05) is 16.8 Å². The van der Waals surface area contributed by atoms with Crippen molar-refractivity contribution in [2.45, 2.75) is 45.8 Å². The molecule has 0 saturated carbocycles. The largest absolute Gasteiger partial charge is 0.504 e. The first kappa shape index (κ1) is 23.7. The number of rotatable bonds is 3. The molecule has 2 aromatic rings. The molecular formula is C25H25F3N2O4. The fraction of sp³-hybridized carbons (Fsp3) is 0.360. The molecule has 1 amide bonds. The third kappa shape index (κ3) is 4.22. The van der Waals surface area contributed by atoms with Crippen molar-refractivity contribution in [3.63, 3.8) is 0 Å². The Hall–Kier alpha value is -3.49. The Balaban J connectivity index is 2.04. The quantitative estimate of drug-likeness (QED) is 0.615. The number of hydrogen-bond acceptors (Lipinski definition) is 5. The van der Waals surface area contributed by atoms with Gasteiger partial charge in [-0.25, -0.2) is 0 Å². The molecular weight excluding hydrogens is 449 g/mol. The number of aromatic hydroxyl groups is 1. The summed E-state index contributed by atoms with van der Waals surface area (Å²) in [5, 5.41) is 13.3. The summed E-state index contributed by atoms with van der Waals surface area (Å²) < 4.78 is 47.1. The van der Waals surface area contributed by atoms with E-state index in [1.54, 1.807) is 19.1 Å². The van der Waals surface area contributed by atoms with E-state index in [1.165, 1.54) is 30.3 Å². The predicted octanol–water partition coefficient (Wildman–Crippen LogP) is 5.50. The number of carbonyl (C=O) groups is 2. The smallest absolute Gasteiger partial charge is 0.471 e. The highest BCUT2D eigenvalue weighted by Gasteiger charge is 2.50. The predicted molar refractivity (Wildman–Crippen MR) is 121 cm³/mol. The fourth-order valence-corrected chi connectivity index (χ4v) is 4.63. The molecule has 4 rings (SSSR count). The molecule has 1 aliphatic heterocycles. The van der Waals surface area contributed by atoms with Crippen molar-refractivity contribution in [2.24, 2.45) is 5.41 Å². The van der Waals surface area contributed by atoms with Gasteiger partial charge in [0.05, 0.1) is 24.0 Å². The first-order valence-electron chi connectivity index (χ1n) is 10.9. The molecule has 0 fully saturated rings. The highest BCUT2D eigenvalue weighted by molar-refractivity contribution is 6.07. The first-order valence-corrected chi connectivity index (χ1v) is 10.9. The number of halogens is 3. The van der Waals surface area contributed by atoms with Gasteiger partial charge in [-0.2, -0.15) is 13.2 Å². The number of fused-ring (bicyclic) bond motifs is 1. The van der Waals surface area contributed by atoms with E-state index in [1.807, 2.05) is 13.8 Å². The van der Waals surface area contributed by atoms with Gasteiger partial charge in [-0.05, 0) is 48.6 Å². The Bertz CT molecular complexity index is 1190. The maximum atomic E-state index is 13.9. The van der Waals surface area contributed by atoms with Gasteiger partial charge in [-0.3, -0.25) is 14.5 Å². The third-order valence-corrected chi connectivity index (χ3v) is 5.96. The average molecular weight is 474 g/mol. The van der Waals surface area contributed by atoms with E-state index in [9.17, 15) is 27.9 Å². The van der Waals surface area contributed by atoms with Gasteiger partial charge >= 0.3 is 12.1 Å². The lowest BCUT2D eigenvalue weighted by Crippen LogP contribution is -2.45. The topological polar surface area (TPSA) is 78.9 Å². The lowest BCUT2D eigenvalue weighted by Gasteiger charge is -2.37. The van der Waals surface area contributed by atoms with Gasteiger partial charge in [-0.15, -0.1) is 0 Å². The van der Waals surface area contributed by atoms with Crippen molar-refractivity contribution in [1.82, 2.24) is 0 Å². The van der Waals surface area contributed by atoms with Crippen molar-refractivity contribution in [3.8, 4) is 11.5 Å². The van der Waals surface area contributed by atoms with Crippen molar-refractivity contribution in [1.29, 1.82) is 0 Å². The number of ketones is 1. The maximum Gasteiger partial charge on any atom is 0.471 e. The third-order valence-electron chi connectivity index (χ3n) is 5.96. The Morgan fingerprint density at radius 3 is 2.59 bits per heavy atom. The highest BCUT2D eigenvalue weighted by atomic mass is 19.4. The summed E-state index contributed by atoms with van der Waals surface area (Å²) in [6.45, 7) is 5.73. The van der Waals surface area contributed by atoms with Gasteiger partial charge in [-0.1, -0.05) is 32.0 Å². The maximum absolute atomic E-state index is 13.9. The van der Waals surface area contributed by atoms with Gasteiger partial charge in [0.2, 0.25) is 0 Å². The van der Waals surface area contributed by atoms with Crippen molar-refractivity contribution in [3.05, 3.63) is 59.3 Å². The van der Waals surface area contributed by atoms with Crippen LogP contribution in [0.25, 0.3) is 0 Å². The molecule has 0 aromatic heterocycles. The van der Waals surface area contributed by atoms with Gasteiger partial charge in [0.15, 0.2) is 17.3 Å². The molecule has 9 heteroatoms. The highest BCUT2D eigenvalue weighted by Crippen LogP contribution is 2.49. The van der Waals surface area contributed by atoms with E-state index in [-0.39, 0.29) is 47.1 Å². The van der Waals surface area contributed by atoms with Crippen LogP contribution in [0, 0.1) is 5.41 Å². The zero-order valence-electron chi connectivity index (χ0n) is 19.0. The number of carbonyl (C=O) groups excluding carboxylic acids is 2. The van der Waals surface area contributed by atoms with Crippen LogP contribution in [0.1, 0.15) is 45.2 Å². The number of para-hydroxylation sites is 2. The summed E-state index contributed by atoms with van der Waals surface area (Å²) >= 11 is 0. The number of phenolic OH excluding ortho intramolecular Hbond substituents is 1. The van der Waals surface area contributed by atoms with Gasteiger partial charge in [0, 0.05) is 17.7 Å². The monoisotopic (exact) mass is 474 g/mol. The van der Waals surface area contributed by atoms with E-state index >= 15 is 0 Å². The van der Waals surface area contributed by atoms with Crippen LogP contribution in [0.3, 0.4) is 0 Å². The van der Waals surface area contributed by atoms with E-state index in [0.717, 1.165) is 0 Å². The molecule has 1 heterocycles. The van der Waals surface area contributed by atoms with Crippen molar-refractivity contribution < 1.29 is 32.6 Å². The summed E-state index contributed by atoms with van der Waals surface area (Å²) in [7, 11) is 0. The molecule has 2 aliphatic rings. The molecule has 2 aromatic carbocycles. The van der Waals surface area contributed by atoms with Gasteiger partial charge < -0.3 is 15.2 Å². The molecule has 1 atom stereocenters. The number of allylic oxidation sites excluding steroid dienone is 1. The first-order chi connectivity index (χ1) is 15.9. The number of nitrogens with zero attached hydrogens (tertiary/aromatic N) is 1. The zero-order valence-corrected chi connectivity index (χ0v) is 19.0. The number of Topliss-reactive ketones (excluding diaryl/α,β-unsaturated/α-hetero) is 1. The van der Waals surface area contributed by atoms with Crippen LogP contribution in [-0.2, 0) is 9.59 Å². The van der Waals surface area contributed by atoms with Crippen LogP contribution in [-0.4, -0.2) is 29.6 Å². The number of hydrogen-bond donors (Lipinski definition) is 2. The second kappa shape index (κ2) is 8.38. The Labute approximate surface area is 195 Å². The summed E-state index contributed by atoms with van der Waals surface area (Å²) in [6.07, 6.45) is -4.67. The van der Waals surface area contributed by atoms with Crippen LogP contribution < -0.4 is 15.0 Å². The fourth-order valence-electron chi connectivity index (χ4n) is 4.63. The second-order valence-corrected chi connectivity index (χ2v) is 9.21. The molecule has 34 heavy (non-hydrogen) atoms. The number of alkyl halides is 3. The second-order valence-electron chi connectivity index (χ2n) is 9.21. The van der Waals surface area contributed by atoms with E-state index < -0.39 is 23.5 Å². The molecule has 6 nitrogen and oxygen atoms in total. The van der Waals surface area contributed by atoms with Crippen LogP contribution in [0.2, 0.25) is 0 Å². The molecule has 0 bridgehead atoms. The molecule has 0 radical (unpaired) electrons. The lowest BCUT2D eigenvalue weighted by molar-refractivity contribution is -0.170. The molecule has 0 unspecified atom stereocenters. The summed E-state index contributed by atoms with van der Waals surface area (Å²) in [4.78, 5) is 26.9. The minimum Gasteiger partial charge on any atom is -0.504 e. The van der Waals surface area contributed by atoms with E-state index in [0.29, 0.717) is 22.7 Å². The van der Waals surface area contributed by atoms with Crippen molar-refractivity contribution >= 4 is 23.1 Å². The average Bonchev–Trinajstić information content (AvgIpc) is 2.87. The number of benzene rings is 2. The Morgan fingerprint density at radius 2 is 1.91 bits per heavy atom. The molecule has 180 valence electrons. The van der Waals surface area contributed by atoms with E-state index in [4.69, 9.17) is 4.74 Å². The zero-order chi connectivity index (χ0) is 24.8. The van der Waals surface area contributed by atoms with Crippen LogP contribution in [0.5, 0.6) is 11.5 Å². The number of ether oxygens (including phenoxy) is 1. The lowest BCUT2D eigenvalue weighted by atomic mass is 9.73. The van der Waals surface area contributed by atoms with Crippen LogP contribution in [0.15, 0.2) is 53.7 Å². The number of nitrogens with one attached hydrogen (secondary N) is 1. The minimum absolute atomic E-state index is 0.000802. The molecule has 0 spiro atoms. The van der Waals surface area contributed by atoms with Crippen LogP contribution >= 0.6 is 0 Å². The van der Waals surface area contributed by atoms with Crippen LogP contribution in [0.4, 0.5) is 24.5 Å². The summed E-state index contributed by atoms with van der Waals surface area (Å²) in [6, 6.07) is 8.88. The number of anilines is 2. The molecule has 1 aliphatic carbocycles. The normalized spacial score (nSPS) is 19.6. The standard InChI is InChI=1S/C25H25F3N2O4/c1-4-34-20-11-14(9-10-18(20)31)22-21-16(12-24(2,3)13-19(21)32)29-15-7-5-6-8-17(15)30(22)23(33)25(26,27)28/h5-11,22,29,31H,4,12-13H2,1-3H3/t22-/m1/s1. The minimum atomic E-state index is -5.19. The van der Waals surface area contributed by atoms with E-state index in [2.05, 4.69) is 5.32 Å². The number of phenols is 1. The SMILES string of the molecule is CCOc1cc([C@@H]2C3=C(CC(C)(C)CC3=O)Nc3ccccc3N2C(=O)C(F)(F)F)ccc1O. The summed E-state index contributed by atoms with van der Waals surface area (Å²) in [5.41, 5.74) is 0.670. The number of amides is 1. The van der Waals surface area contributed by atoms with Gasteiger partial charge in [0.1, 0.15) is 0 Å². The molecule has 0 saturated heterocycles. The Morgan fingerprint density at radius 1 is 1.21 bits per heavy atom. The van der Waals surface area contributed by atoms with Gasteiger partial charge in [0.25, 0.3) is 0 Å². The Kier molecular flexibility index (Phi) is 5.83. The molecule has 2 N–H and O–H groups in total. The summed E-state index contributed by atoms with van der Waals surface area (Å²) in [5.74, 6) is -2.58.